The van der Waals surface area contributed by atoms with Gasteiger partial charge in [-0.2, -0.15) is 0 Å². The largest absolute Gasteiger partial charge is 0.481 e. The third-order valence-electron chi connectivity index (χ3n) is 5.52. The molecular formula is C24H30N2O3. The van der Waals surface area contributed by atoms with Crippen LogP contribution in [0.1, 0.15) is 43.2 Å². The summed E-state index contributed by atoms with van der Waals surface area (Å²) in [5.74, 6) is -0.812. The standard InChI is InChI=1S/C24H30N2O3/c27-23(28)15-14-21(17-19-9-3-1-4-10-19)25-24(29)22-13-7-8-16-26(22)18-20-11-5-2-6-12-20/h1-6,9-12,21-22H,7-8,13-18H2,(H,25,29)(H,27,28). The fourth-order valence-corrected chi connectivity index (χ4v) is 4.01. The van der Waals surface area contributed by atoms with Gasteiger partial charge >= 0.3 is 5.97 Å². The average Bonchev–Trinajstić information content (AvgIpc) is 2.74. The lowest BCUT2D eigenvalue weighted by atomic mass is 9.98. The molecule has 1 aliphatic rings. The minimum atomic E-state index is -0.833. The molecule has 2 unspecified atom stereocenters. The molecule has 1 aliphatic heterocycles. The molecule has 5 nitrogen and oxygen atoms in total. The van der Waals surface area contributed by atoms with Gasteiger partial charge in [0, 0.05) is 19.0 Å². The number of piperidine rings is 1. The molecule has 2 N–H and O–H groups in total. The zero-order valence-electron chi connectivity index (χ0n) is 16.8. The molecule has 0 saturated carbocycles. The van der Waals surface area contributed by atoms with Gasteiger partial charge in [-0.1, -0.05) is 67.1 Å². The summed E-state index contributed by atoms with van der Waals surface area (Å²) in [6, 6.07) is 19.8. The predicted molar refractivity (Wildman–Crippen MR) is 113 cm³/mol. The molecule has 0 bridgehead atoms. The van der Waals surface area contributed by atoms with Crippen molar-refractivity contribution in [2.45, 2.75) is 57.2 Å². The molecule has 0 spiro atoms. The van der Waals surface area contributed by atoms with Gasteiger partial charge in [-0.25, -0.2) is 0 Å². The van der Waals surface area contributed by atoms with Crippen molar-refractivity contribution in [2.24, 2.45) is 0 Å². The molecule has 1 fully saturated rings. The lowest BCUT2D eigenvalue weighted by Crippen LogP contribution is -2.51. The number of likely N-dealkylation sites (tertiary alicyclic amines) is 1. The molecule has 0 aromatic heterocycles. The van der Waals surface area contributed by atoms with Gasteiger partial charge in [-0.05, 0) is 43.4 Å². The van der Waals surface area contributed by atoms with Crippen molar-refractivity contribution in [1.82, 2.24) is 10.2 Å². The molecule has 0 aliphatic carbocycles. The van der Waals surface area contributed by atoms with Crippen LogP contribution in [-0.4, -0.2) is 40.5 Å². The van der Waals surface area contributed by atoms with Crippen LogP contribution < -0.4 is 5.32 Å². The van der Waals surface area contributed by atoms with Gasteiger partial charge in [0.1, 0.15) is 0 Å². The van der Waals surface area contributed by atoms with Crippen LogP contribution in [0.2, 0.25) is 0 Å². The van der Waals surface area contributed by atoms with Crippen LogP contribution in [0.15, 0.2) is 60.7 Å². The normalized spacial score (nSPS) is 18.1. The lowest BCUT2D eigenvalue weighted by Gasteiger charge is -2.35. The first kappa shape index (κ1) is 21.1. The Kier molecular flexibility index (Phi) is 7.82. The van der Waals surface area contributed by atoms with Crippen LogP contribution in [0.25, 0.3) is 0 Å². The number of hydrogen-bond donors (Lipinski definition) is 2. The highest BCUT2D eigenvalue weighted by atomic mass is 16.4. The van der Waals surface area contributed by atoms with Crippen LogP contribution in [0, 0.1) is 0 Å². The van der Waals surface area contributed by atoms with E-state index in [0.29, 0.717) is 12.8 Å². The van der Waals surface area contributed by atoms with Gasteiger partial charge in [0.2, 0.25) is 5.91 Å². The van der Waals surface area contributed by atoms with Gasteiger partial charge in [0.15, 0.2) is 0 Å². The Morgan fingerprint density at radius 2 is 1.66 bits per heavy atom. The predicted octanol–water partition coefficient (Wildman–Crippen LogP) is 3.63. The van der Waals surface area contributed by atoms with E-state index in [9.17, 15) is 9.59 Å². The molecule has 1 heterocycles. The van der Waals surface area contributed by atoms with Gasteiger partial charge < -0.3 is 10.4 Å². The third-order valence-corrected chi connectivity index (χ3v) is 5.52. The summed E-state index contributed by atoms with van der Waals surface area (Å²) in [6.45, 7) is 1.67. The molecular weight excluding hydrogens is 364 g/mol. The van der Waals surface area contributed by atoms with Crippen molar-refractivity contribution in [1.29, 1.82) is 0 Å². The molecule has 3 rings (SSSR count). The summed E-state index contributed by atoms with van der Waals surface area (Å²) >= 11 is 0. The van der Waals surface area contributed by atoms with Crippen molar-refractivity contribution >= 4 is 11.9 Å². The summed E-state index contributed by atoms with van der Waals surface area (Å²) in [5.41, 5.74) is 2.31. The van der Waals surface area contributed by atoms with Crippen LogP contribution in [0.3, 0.4) is 0 Å². The molecule has 5 heteroatoms. The van der Waals surface area contributed by atoms with Crippen molar-refractivity contribution in [2.75, 3.05) is 6.54 Å². The van der Waals surface area contributed by atoms with Crippen LogP contribution in [0.5, 0.6) is 0 Å². The average molecular weight is 395 g/mol. The van der Waals surface area contributed by atoms with Gasteiger partial charge in [-0.15, -0.1) is 0 Å². The highest BCUT2D eigenvalue weighted by Gasteiger charge is 2.30. The Hall–Kier alpha value is -2.66. The fraction of sp³-hybridized carbons (Fsp3) is 0.417. The minimum absolute atomic E-state index is 0.0203. The number of carboxylic acids is 1. The second-order valence-electron chi connectivity index (χ2n) is 7.80. The molecule has 29 heavy (non-hydrogen) atoms. The Balaban J connectivity index is 1.66. The summed E-state index contributed by atoms with van der Waals surface area (Å²) in [7, 11) is 0. The molecule has 154 valence electrons. The van der Waals surface area contributed by atoms with E-state index in [2.05, 4.69) is 22.3 Å². The number of nitrogens with zero attached hydrogens (tertiary/aromatic N) is 1. The maximum Gasteiger partial charge on any atom is 0.303 e. The lowest BCUT2D eigenvalue weighted by molar-refractivity contribution is -0.137. The summed E-state index contributed by atoms with van der Waals surface area (Å²) in [5, 5.41) is 12.3. The molecule has 1 saturated heterocycles. The molecule has 1 amide bonds. The third kappa shape index (κ3) is 6.71. The second kappa shape index (κ2) is 10.8. The van der Waals surface area contributed by atoms with Crippen molar-refractivity contribution in [3.8, 4) is 0 Å². The summed E-state index contributed by atoms with van der Waals surface area (Å²) < 4.78 is 0. The van der Waals surface area contributed by atoms with E-state index in [-0.39, 0.29) is 24.4 Å². The maximum absolute atomic E-state index is 13.1. The van der Waals surface area contributed by atoms with E-state index >= 15 is 0 Å². The topological polar surface area (TPSA) is 69.6 Å². The molecule has 2 aromatic rings. The molecule has 0 radical (unpaired) electrons. The zero-order chi connectivity index (χ0) is 20.5. The highest BCUT2D eigenvalue weighted by Crippen LogP contribution is 2.20. The molecule has 2 aromatic carbocycles. The monoisotopic (exact) mass is 394 g/mol. The van der Waals surface area contributed by atoms with E-state index < -0.39 is 5.97 Å². The van der Waals surface area contributed by atoms with Gasteiger partial charge in [0.05, 0.1) is 6.04 Å². The number of amides is 1. The van der Waals surface area contributed by atoms with Crippen molar-refractivity contribution in [3.05, 3.63) is 71.8 Å². The Labute approximate surface area is 172 Å². The van der Waals surface area contributed by atoms with E-state index in [4.69, 9.17) is 5.11 Å². The van der Waals surface area contributed by atoms with Crippen LogP contribution in [0.4, 0.5) is 0 Å². The quantitative estimate of drug-likeness (QED) is 0.681. The van der Waals surface area contributed by atoms with Crippen molar-refractivity contribution in [3.63, 3.8) is 0 Å². The maximum atomic E-state index is 13.1. The Morgan fingerprint density at radius 1 is 1.00 bits per heavy atom. The first-order chi connectivity index (χ1) is 14.1. The second-order valence-corrected chi connectivity index (χ2v) is 7.80. The zero-order valence-corrected chi connectivity index (χ0v) is 16.8. The number of carboxylic acid groups (broad SMARTS) is 1. The number of carbonyl (C=O) groups is 2. The Bertz CT molecular complexity index is 779. The first-order valence-corrected chi connectivity index (χ1v) is 10.5. The summed E-state index contributed by atoms with van der Waals surface area (Å²) in [4.78, 5) is 26.5. The van der Waals surface area contributed by atoms with E-state index in [0.717, 1.165) is 37.9 Å². The number of benzene rings is 2. The SMILES string of the molecule is O=C(O)CCC(Cc1ccccc1)NC(=O)C1CCCCN1Cc1ccccc1. The number of nitrogens with one attached hydrogen (secondary N) is 1. The molecule has 2 atom stereocenters. The highest BCUT2D eigenvalue weighted by molar-refractivity contribution is 5.82. The van der Waals surface area contributed by atoms with E-state index in [1.807, 2.05) is 48.5 Å². The minimum Gasteiger partial charge on any atom is -0.481 e. The number of hydrogen-bond acceptors (Lipinski definition) is 3. The van der Waals surface area contributed by atoms with Gasteiger partial charge in [0.25, 0.3) is 0 Å². The Morgan fingerprint density at radius 3 is 2.31 bits per heavy atom. The van der Waals surface area contributed by atoms with E-state index in [1.54, 1.807) is 0 Å². The number of aliphatic carboxylic acids is 1. The fourth-order valence-electron chi connectivity index (χ4n) is 4.01. The van der Waals surface area contributed by atoms with Crippen LogP contribution in [-0.2, 0) is 22.6 Å². The van der Waals surface area contributed by atoms with E-state index in [1.165, 1.54) is 5.56 Å². The van der Waals surface area contributed by atoms with Crippen LogP contribution >= 0.6 is 0 Å². The summed E-state index contributed by atoms with van der Waals surface area (Å²) in [6.07, 6.45) is 4.11. The first-order valence-electron chi connectivity index (χ1n) is 10.5. The number of carbonyl (C=O) groups excluding carboxylic acids is 1. The van der Waals surface area contributed by atoms with Gasteiger partial charge in [-0.3, -0.25) is 14.5 Å². The van der Waals surface area contributed by atoms with Crippen molar-refractivity contribution < 1.29 is 14.7 Å². The smallest absolute Gasteiger partial charge is 0.303 e. The number of rotatable bonds is 9.